The molecule has 4 heterocycles. The fraction of sp³-hybridized carbons (Fsp3) is 0.686. The molecule has 0 aromatic rings. The molecule has 5 rings (SSSR count). The number of aliphatic hydroxyl groups excluding tert-OH is 2. The first-order valence-electron chi connectivity index (χ1n) is 16.0. The van der Waals surface area contributed by atoms with Gasteiger partial charge < -0.3 is 34.3 Å². The minimum atomic E-state index is -1.74. The van der Waals surface area contributed by atoms with Crippen molar-refractivity contribution in [3.8, 4) is 0 Å². The van der Waals surface area contributed by atoms with E-state index in [0.29, 0.717) is 18.4 Å². The monoisotopic (exact) mass is 598 g/mol. The first-order valence-corrected chi connectivity index (χ1v) is 16.0. The predicted octanol–water partition coefficient (Wildman–Crippen LogP) is 5.05. The van der Waals surface area contributed by atoms with Gasteiger partial charge in [0.2, 0.25) is 0 Å². The number of esters is 1. The maximum atomic E-state index is 14.0. The number of carbonyl (C=O) groups excluding carboxylic acids is 1. The molecule has 0 radical (unpaired) electrons. The first-order chi connectivity index (χ1) is 20.4. The van der Waals surface area contributed by atoms with Crippen LogP contribution in [0.15, 0.2) is 58.9 Å². The van der Waals surface area contributed by atoms with Crippen molar-refractivity contribution in [1.82, 2.24) is 0 Å². The molecule has 2 bridgehead atoms. The summed E-state index contributed by atoms with van der Waals surface area (Å²) in [5, 5.41) is 34.3. The molecule has 1 spiro atoms. The maximum absolute atomic E-state index is 14.0. The average Bonchev–Trinajstić information content (AvgIpc) is 3.28. The summed E-state index contributed by atoms with van der Waals surface area (Å²) < 4.78 is 25.6. The molecule has 0 aromatic carbocycles. The largest absolute Gasteiger partial charge is 0.494 e. The fourth-order valence-electron chi connectivity index (χ4n) is 7.72. The van der Waals surface area contributed by atoms with Crippen LogP contribution in [-0.2, 0) is 23.7 Å². The summed E-state index contributed by atoms with van der Waals surface area (Å²) in [5.74, 6) is -3.06. The Bertz CT molecular complexity index is 1210. The molecule has 0 saturated carbocycles. The second kappa shape index (κ2) is 12.6. The zero-order chi connectivity index (χ0) is 31.1. The van der Waals surface area contributed by atoms with Gasteiger partial charge in [-0.15, -0.1) is 0 Å². The van der Waals surface area contributed by atoms with Crippen molar-refractivity contribution in [2.24, 2.45) is 23.7 Å². The molecular weight excluding hydrogens is 548 g/mol. The third-order valence-electron chi connectivity index (χ3n) is 10.1. The lowest BCUT2D eigenvalue weighted by Gasteiger charge is -2.51. The van der Waals surface area contributed by atoms with E-state index in [1.165, 1.54) is 5.57 Å². The second-order valence-electron chi connectivity index (χ2n) is 13.6. The minimum absolute atomic E-state index is 0.0993. The summed E-state index contributed by atoms with van der Waals surface area (Å²) in [4.78, 5) is 14.0. The third-order valence-corrected chi connectivity index (χ3v) is 10.1. The van der Waals surface area contributed by atoms with E-state index in [4.69, 9.17) is 18.9 Å². The van der Waals surface area contributed by atoms with Crippen LogP contribution in [-0.4, -0.2) is 69.8 Å². The van der Waals surface area contributed by atoms with Gasteiger partial charge in [0, 0.05) is 25.2 Å². The highest BCUT2D eigenvalue weighted by Gasteiger charge is 2.61. The molecule has 5 aliphatic rings. The summed E-state index contributed by atoms with van der Waals surface area (Å²) in [6.07, 6.45) is 12.2. The van der Waals surface area contributed by atoms with Crippen molar-refractivity contribution in [1.29, 1.82) is 0 Å². The molecule has 43 heavy (non-hydrogen) atoms. The van der Waals surface area contributed by atoms with Crippen LogP contribution >= 0.6 is 0 Å². The van der Waals surface area contributed by atoms with Gasteiger partial charge in [-0.25, -0.2) is 0 Å². The highest BCUT2D eigenvalue weighted by molar-refractivity contribution is 5.78. The number of aliphatic hydroxyl groups is 3. The number of rotatable bonds is 2. The maximum Gasteiger partial charge on any atom is 0.316 e. The van der Waals surface area contributed by atoms with Gasteiger partial charge in [0.25, 0.3) is 0 Å². The van der Waals surface area contributed by atoms with Crippen LogP contribution in [0.2, 0.25) is 0 Å². The number of carbonyl (C=O) groups is 1. The third kappa shape index (κ3) is 6.32. The normalized spacial score (nSPS) is 44.1. The molecule has 8 nitrogen and oxygen atoms in total. The molecular formula is C35H50O8. The van der Waals surface area contributed by atoms with Crippen LogP contribution in [0, 0.1) is 23.7 Å². The molecule has 3 fully saturated rings. The van der Waals surface area contributed by atoms with Crippen molar-refractivity contribution >= 4 is 5.97 Å². The first kappa shape index (κ1) is 32.2. The van der Waals surface area contributed by atoms with Crippen LogP contribution in [0.1, 0.15) is 80.1 Å². The molecule has 11 unspecified atom stereocenters. The van der Waals surface area contributed by atoms with Crippen molar-refractivity contribution in [3.63, 3.8) is 0 Å². The van der Waals surface area contributed by atoms with Gasteiger partial charge >= 0.3 is 5.97 Å². The number of hydrogen-bond acceptors (Lipinski definition) is 8. The van der Waals surface area contributed by atoms with E-state index in [1.807, 2.05) is 19.9 Å². The Kier molecular flexibility index (Phi) is 9.46. The molecule has 1 aliphatic carbocycles. The SMILES string of the molecule is CCC=C(C)C1OC2(CC3CC(CC=C(C)CC(C)C=CC=C4OCC5C(O)C(C)=CC(C(=O)O3)C45O)O2)CC(O)C1C. The molecule has 238 valence electrons. The topological polar surface area (TPSA) is 115 Å². The zero-order valence-corrected chi connectivity index (χ0v) is 26.5. The second-order valence-corrected chi connectivity index (χ2v) is 13.6. The van der Waals surface area contributed by atoms with E-state index in [2.05, 4.69) is 39.0 Å². The Morgan fingerprint density at radius 1 is 1.14 bits per heavy atom. The zero-order valence-electron chi connectivity index (χ0n) is 26.5. The van der Waals surface area contributed by atoms with Gasteiger partial charge in [-0.05, 0) is 63.2 Å². The molecule has 3 saturated heterocycles. The molecule has 4 aliphatic heterocycles. The van der Waals surface area contributed by atoms with Gasteiger partial charge in [0.1, 0.15) is 23.4 Å². The standard InChI is InChI=1S/C35H50O8/c1-7-9-22(4)32-24(6)29(36)18-34(43-32)17-26-16-25(42-34)13-12-21(3)14-20(2)10-8-11-30-35(39)27(33(38)41-26)15-23(5)31(37)28(35)19-40-30/h8-12,15,20,24-29,31-32,36-37,39H,7,13-14,16-19H2,1-6H3. The highest BCUT2D eigenvalue weighted by atomic mass is 16.7. The number of allylic oxidation sites excluding steroid dienone is 5. The van der Waals surface area contributed by atoms with Gasteiger partial charge in [0.05, 0.1) is 36.9 Å². The molecule has 3 N–H and O–H groups in total. The lowest BCUT2D eigenvalue weighted by molar-refractivity contribution is -0.342. The van der Waals surface area contributed by atoms with E-state index in [0.717, 1.165) is 18.4 Å². The lowest BCUT2D eigenvalue weighted by Crippen LogP contribution is -2.58. The fourth-order valence-corrected chi connectivity index (χ4v) is 7.72. The summed E-state index contributed by atoms with van der Waals surface area (Å²) >= 11 is 0. The molecule has 11 atom stereocenters. The smallest absolute Gasteiger partial charge is 0.316 e. The summed E-state index contributed by atoms with van der Waals surface area (Å²) in [6.45, 7) is 12.2. The van der Waals surface area contributed by atoms with Crippen LogP contribution < -0.4 is 0 Å². The van der Waals surface area contributed by atoms with E-state index < -0.39 is 47.5 Å². The minimum Gasteiger partial charge on any atom is -0.494 e. The van der Waals surface area contributed by atoms with E-state index >= 15 is 0 Å². The predicted molar refractivity (Wildman–Crippen MR) is 162 cm³/mol. The number of ether oxygens (including phenoxy) is 4. The Morgan fingerprint density at radius 3 is 2.65 bits per heavy atom. The van der Waals surface area contributed by atoms with Crippen LogP contribution in [0.3, 0.4) is 0 Å². The van der Waals surface area contributed by atoms with Crippen molar-refractivity contribution in [2.75, 3.05) is 6.61 Å². The number of hydrogen-bond donors (Lipinski definition) is 3. The Balaban J connectivity index is 1.53. The van der Waals surface area contributed by atoms with Crippen molar-refractivity contribution < 1.29 is 39.1 Å². The highest BCUT2D eigenvalue weighted by Crippen LogP contribution is 2.49. The Hall–Kier alpha value is -2.23. The quantitative estimate of drug-likeness (QED) is 0.299. The molecule has 0 aromatic heterocycles. The average molecular weight is 599 g/mol. The Morgan fingerprint density at radius 2 is 1.91 bits per heavy atom. The van der Waals surface area contributed by atoms with Crippen LogP contribution in [0.5, 0.6) is 0 Å². The van der Waals surface area contributed by atoms with Crippen LogP contribution in [0.25, 0.3) is 0 Å². The molecule has 8 heteroatoms. The van der Waals surface area contributed by atoms with E-state index in [-0.39, 0.29) is 49.3 Å². The van der Waals surface area contributed by atoms with Crippen molar-refractivity contribution in [3.05, 3.63) is 58.9 Å². The summed E-state index contributed by atoms with van der Waals surface area (Å²) in [6, 6.07) is 0. The lowest BCUT2D eigenvalue weighted by atomic mass is 9.68. The van der Waals surface area contributed by atoms with Gasteiger partial charge in [-0.2, -0.15) is 0 Å². The van der Waals surface area contributed by atoms with Gasteiger partial charge in [0.15, 0.2) is 5.79 Å². The summed E-state index contributed by atoms with van der Waals surface area (Å²) in [5.41, 5.74) is 1.14. The van der Waals surface area contributed by atoms with Crippen molar-refractivity contribution in [2.45, 2.75) is 122 Å². The number of fused-ring (bicyclic) bond motifs is 2. The summed E-state index contributed by atoms with van der Waals surface area (Å²) in [7, 11) is 0. The van der Waals surface area contributed by atoms with Gasteiger partial charge in [-0.1, -0.05) is 56.7 Å². The Labute approximate surface area is 256 Å². The van der Waals surface area contributed by atoms with E-state index in [1.54, 1.807) is 19.1 Å². The van der Waals surface area contributed by atoms with E-state index in [9.17, 15) is 20.1 Å². The molecule has 0 amide bonds. The van der Waals surface area contributed by atoms with Crippen LogP contribution in [0.4, 0.5) is 0 Å². The van der Waals surface area contributed by atoms with Gasteiger partial charge in [-0.3, -0.25) is 4.79 Å².